The number of aryl methyl sites for hydroxylation is 1. The largest absolute Gasteiger partial charge is 0.475 e. The molecule has 0 amide bonds. The number of rotatable bonds is 4. The minimum Gasteiger partial charge on any atom is -0.475 e. The van der Waals surface area contributed by atoms with Crippen LogP contribution in [0.5, 0.6) is 0 Å². The van der Waals surface area contributed by atoms with Crippen LogP contribution in [0, 0.1) is 12.8 Å². The van der Waals surface area contributed by atoms with Crippen LogP contribution in [0.15, 0.2) is 29.3 Å². The maximum absolute atomic E-state index is 6.05. The second kappa shape index (κ2) is 6.40. The van der Waals surface area contributed by atoms with Gasteiger partial charge in [0.05, 0.1) is 6.54 Å². The molecule has 0 aromatic heterocycles. The minimum atomic E-state index is 0.243. The predicted molar refractivity (Wildman–Crippen MR) is 82.3 cm³/mol. The molecule has 3 heteroatoms. The highest BCUT2D eigenvalue weighted by Gasteiger charge is 2.24. The van der Waals surface area contributed by atoms with E-state index in [1.54, 1.807) is 0 Å². The van der Waals surface area contributed by atoms with E-state index in [9.17, 15) is 0 Å². The van der Waals surface area contributed by atoms with Crippen LogP contribution in [-0.4, -0.2) is 31.6 Å². The fourth-order valence-electron chi connectivity index (χ4n) is 3.11. The first kappa shape index (κ1) is 13.6. The summed E-state index contributed by atoms with van der Waals surface area (Å²) in [6.07, 6.45) is 4.76. The minimum absolute atomic E-state index is 0.243. The number of hydrogen-bond donors (Lipinski definition) is 1. The normalized spacial score (nSPS) is 23.4. The van der Waals surface area contributed by atoms with Gasteiger partial charge in [0.25, 0.3) is 0 Å². The Morgan fingerprint density at radius 1 is 1.20 bits per heavy atom. The van der Waals surface area contributed by atoms with Gasteiger partial charge in [0.1, 0.15) is 6.10 Å². The van der Waals surface area contributed by atoms with Crippen molar-refractivity contribution in [1.82, 2.24) is 5.32 Å². The molecule has 0 saturated carbocycles. The van der Waals surface area contributed by atoms with Gasteiger partial charge in [-0.1, -0.05) is 24.3 Å². The second-order valence-electron chi connectivity index (χ2n) is 6.00. The smallest absolute Gasteiger partial charge is 0.184 e. The Morgan fingerprint density at radius 2 is 2.00 bits per heavy atom. The van der Waals surface area contributed by atoms with Crippen LogP contribution < -0.4 is 5.32 Å². The lowest BCUT2D eigenvalue weighted by atomic mass is 9.95. The summed E-state index contributed by atoms with van der Waals surface area (Å²) >= 11 is 0. The molecule has 1 aromatic carbocycles. The van der Waals surface area contributed by atoms with Crippen molar-refractivity contribution in [2.24, 2.45) is 10.9 Å². The summed E-state index contributed by atoms with van der Waals surface area (Å²) in [7, 11) is 0. The third-order valence-corrected chi connectivity index (χ3v) is 4.40. The van der Waals surface area contributed by atoms with E-state index in [1.807, 2.05) is 0 Å². The van der Waals surface area contributed by atoms with Crippen LogP contribution in [0.25, 0.3) is 0 Å². The van der Waals surface area contributed by atoms with E-state index in [0.29, 0.717) is 0 Å². The zero-order valence-electron chi connectivity index (χ0n) is 12.3. The molecule has 1 atom stereocenters. The first-order chi connectivity index (χ1) is 9.81. The lowest BCUT2D eigenvalue weighted by Gasteiger charge is -2.22. The van der Waals surface area contributed by atoms with Crippen molar-refractivity contribution in [3.63, 3.8) is 0 Å². The third kappa shape index (κ3) is 3.40. The van der Waals surface area contributed by atoms with Gasteiger partial charge >= 0.3 is 0 Å². The highest BCUT2D eigenvalue weighted by Crippen LogP contribution is 2.21. The summed E-state index contributed by atoms with van der Waals surface area (Å²) in [5.41, 5.74) is 2.73. The Hall–Kier alpha value is -1.35. The zero-order valence-corrected chi connectivity index (χ0v) is 12.3. The quantitative estimate of drug-likeness (QED) is 0.914. The van der Waals surface area contributed by atoms with Gasteiger partial charge in [-0.15, -0.1) is 0 Å². The van der Waals surface area contributed by atoms with E-state index < -0.39 is 0 Å². The number of ether oxygens (including phenoxy) is 1. The predicted octanol–water partition coefficient (Wildman–Crippen LogP) is 2.72. The van der Waals surface area contributed by atoms with Gasteiger partial charge in [0.2, 0.25) is 0 Å². The SMILES string of the molecule is Cc1ccccc1CC1CN=C(CC2CCNCC2)O1. The fourth-order valence-corrected chi connectivity index (χ4v) is 3.11. The lowest BCUT2D eigenvalue weighted by molar-refractivity contribution is 0.212. The maximum atomic E-state index is 6.05. The average molecular weight is 272 g/mol. The Labute approximate surface area is 121 Å². The van der Waals surface area contributed by atoms with E-state index in [2.05, 4.69) is 41.5 Å². The summed E-state index contributed by atoms with van der Waals surface area (Å²) in [6.45, 7) is 5.28. The van der Waals surface area contributed by atoms with Crippen LogP contribution in [-0.2, 0) is 11.2 Å². The molecule has 2 heterocycles. The molecule has 3 rings (SSSR count). The Balaban J connectivity index is 1.50. The van der Waals surface area contributed by atoms with Gasteiger partial charge < -0.3 is 10.1 Å². The van der Waals surface area contributed by atoms with Gasteiger partial charge in [0.15, 0.2) is 5.90 Å². The van der Waals surface area contributed by atoms with Gasteiger partial charge in [-0.25, -0.2) is 0 Å². The highest BCUT2D eigenvalue weighted by atomic mass is 16.5. The third-order valence-electron chi connectivity index (χ3n) is 4.40. The number of benzene rings is 1. The molecule has 108 valence electrons. The molecule has 2 aliphatic heterocycles. The highest BCUT2D eigenvalue weighted by molar-refractivity contribution is 5.78. The first-order valence-electron chi connectivity index (χ1n) is 7.76. The number of hydrogen-bond acceptors (Lipinski definition) is 3. The molecule has 0 aliphatic carbocycles. The molecule has 1 aromatic rings. The molecule has 20 heavy (non-hydrogen) atoms. The van der Waals surface area contributed by atoms with Crippen molar-refractivity contribution < 1.29 is 4.74 Å². The van der Waals surface area contributed by atoms with E-state index in [1.165, 1.54) is 24.0 Å². The molecule has 0 bridgehead atoms. The summed E-state index contributed by atoms with van der Waals surface area (Å²) in [5, 5.41) is 3.41. The molecule has 3 nitrogen and oxygen atoms in total. The van der Waals surface area contributed by atoms with Crippen LogP contribution in [0.2, 0.25) is 0 Å². The number of piperidine rings is 1. The van der Waals surface area contributed by atoms with E-state index >= 15 is 0 Å². The van der Waals surface area contributed by atoms with Crippen molar-refractivity contribution in [3.05, 3.63) is 35.4 Å². The molecule has 1 N–H and O–H groups in total. The Morgan fingerprint density at radius 3 is 2.80 bits per heavy atom. The summed E-state index contributed by atoms with van der Waals surface area (Å²) < 4.78 is 6.05. The average Bonchev–Trinajstić information content (AvgIpc) is 2.90. The molecular weight excluding hydrogens is 248 g/mol. The molecule has 1 saturated heterocycles. The number of nitrogens with zero attached hydrogens (tertiary/aromatic N) is 1. The first-order valence-corrected chi connectivity index (χ1v) is 7.76. The van der Waals surface area contributed by atoms with Gasteiger partial charge in [0, 0.05) is 12.8 Å². The molecule has 1 unspecified atom stereocenters. The standard InChI is InChI=1S/C17H24N2O/c1-13-4-2-3-5-15(13)11-16-12-19-17(20-16)10-14-6-8-18-9-7-14/h2-5,14,16,18H,6-12H2,1H3. The van der Waals surface area contributed by atoms with Crippen LogP contribution in [0.3, 0.4) is 0 Å². The molecular formula is C17H24N2O. The van der Waals surface area contributed by atoms with Crippen molar-refractivity contribution in [3.8, 4) is 0 Å². The van der Waals surface area contributed by atoms with Crippen molar-refractivity contribution in [2.45, 2.75) is 38.7 Å². The van der Waals surface area contributed by atoms with Gasteiger partial charge in [-0.2, -0.15) is 0 Å². The molecule has 2 aliphatic rings. The van der Waals surface area contributed by atoms with Gasteiger partial charge in [-0.05, 0) is 49.9 Å². The lowest BCUT2D eigenvalue weighted by Crippen LogP contribution is -2.29. The van der Waals surface area contributed by atoms with Crippen LogP contribution >= 0.6 is 0 Å². The molecule has 0 spiro atoms. The van der Waals surface area contributed by atoms with Crippen molar-refractivity contribution in [2.75, 3.05) is 19.6 Å². The van der Waals surface area contributed by atoms with Gasteiger partial charge in [-0.3, -0.25) is 4.99 Å². The topological polar surface area (TPSA) is 33.6 Å². The summed E-state index contributed by atoms with van der Waals surface area (Å²) in [4.78, 5) is 4.61. The van der Waals surface area contributed by atoms with Crippen molar-refractivity contribution >= 4 is 5.90 Å². The maximum Gasteiger partial charge on any atom is 0.184 e. The van der Waals surface area contributed by atoms with E-state index in [4.69, 9.17) is 4.74 Å². The van der Waals surface area contributed by atoms with E-state index in [0.717, 1.165) is 44.3 Å². The molecule has 1 fully saturated rings. The molecule has 0 radical (unpaired) electrons. The Kier molecular flexibility index (Phi) is 4.36. The summed E-state index contributed by atoms with van der Waals surface area (Å²) in [6, 6.07) is 8.56. The number of nitrogens with one attached hydrogen (secondary N) is 1. The van der Waals surface area contributed by atoms with Crippen LogP contribution in [0.4, 0.5) is 0 Å². The monoisotopic (exact) mass is 272 g/mol. The van der Waals surface area contributed by atoms with Crippen LogP contribution in [0.1, 0.15) is 30.4 Å². The second-order valence-corrected chi connectivity index (χ2v) is 6.00. The number of aliphatic imine (C=N–C) groups is 1. The Bertz CT molecular complexity index is 478. The fraction of sp³-hybridized carbons (Fsp3) is 0.588. The van der Waals surface area contributed by atoms with E-state index in [-0.39, 0.29) is 6.10 Å². The van der Waals surface area contributed by atoms with Crippen molar-refractivity contribution in [1.29, 1.82) is 0 Å². The zero-order chi connectivity index (χ0) is 13.8. The summed E-state index contributed by atoms with van der Waals surface area (Å²) in [5.74, 6) is 1.75.